The highest BCUT2D eigenvalue weighted by Gasteiger charge is 2.17. The SMILES string of the molecule is CNC(=O)C(CC(C)C)NCc1ccncn1. The van der Waals surface area contributed by atoms with Crippen molar-refractivity contribution in [3.8, 4) is 0 Å². The molecule has 5 heteroatoms. The molecule has 0 fully saturated rings. The number of nitrogens with one attached hydrogen (secondary N) is 2. The fraction of sp³-hybridized carbons (Fsp3) is 0.583. The van der Waals surface area contributed by atoms with Gasteiger partial charge in [0, 0.05) is 19.8 Å². The molecule has 0 spiro atoms. The van der Waals surface area contributed by atoms with Crippen molar-refractivity contribution in [1.82, 2.24) is 20.6 Å². The van der Waals surface area contributed by atoms with E-state index in [0.29, 0.717) is 12.5 Å². The maximum Gasteiger partial charge on any atom is 0.236 e. The zero-order valence-corrected chi connectivity index (χ0v) is 10.6. The molecule has 0 bridgehead atoms. The van der Waals surface area contributed by atoms with Gasteiger partial charge >= 0.3 is 0 Å². The zero-order chi connectivity index (χ0) is 12.7. The molecule has 5 nitrogen and oxygen atoms in total. The standard InChI is InChI=1S/C12H20N4O/c1-9(2)6-11(12(17)13-3)15-7-10-4-5-14-8-16-10/h4-5,8-9,11,15H,6-7H2,1-3H3,(H,13,17). The lowest BCUT2D eigenvalue weighted by Gasteiger charge is -2.18. The number of hydrogen-bond acceptors (Lipinski definition) is 4. The van der Waals surface area contributed by atoms with Gasteiger partial charge in [-0.15, -0.1) is 0 Å². The highest BCUT2D eigenvalue weighted by Crippen LogP contribution is 2.05. The van der Waals surface area contributed by atoms with Crippen LogP contribution in [0.25, 0.3) is 0 Å². The monoisotopic (exact) mass is 236 g/mol. The first-order valence-electron chi connectivity index (χ1n) is 5.83. The molecule has 1 amide bonds. The van der Waals surface area contributed by atoms with Crippen LogP contribution in [0.3, 0.4) is 0 Å². The van der Waals surface area contributed by atoms with E-state index in [4.69, 9.17) is 0 Å². The average Bonchev–Trinajstić information content (AvgIpc) is 2.34. The first-order chi connectivity index (χ1) is 8.13. The molecule has 0 aliphatic rings. The van der Waals surface area contributed by atoms with Crippen molar-refractivity contribution in [2.75, 3.05) is 7.05 Å². The first-order valence-corrected chi connectivity index (χ1v) is 5.83. The van der Waals surface area contributed by atoms with Crippen LogP contribution >= 0.6 is 0 Å². The summed E-state index contributed by atoms with van der Waals surface area (Å²) < 4.78 is 0. The van der Waals surface area contributed by atoms with Gasteiger partial charge in [-0.3, -0.25) is 4.79 Å². The van der Waals surface area contributed by atoms with Crippen LogP contribution in [-0.2, 0) is 11.3 Å². The summed E-state index contributed by atoms with van der Waals surface area (Å²) >= 11 is 0. The molecule has 0 aliphatic carbocycles. The molecule has 1 unspecified atom stereocenters. The van der Waals surface area contributed by atoms with Crippen molar-refractivity contribution in [3.63, 3.8) is 0 Å². The first kappa shape index (κ1) is 13.6. The van der Waals surface area contributed by atoms with Gasteiger partial charge in [-0.25, -0.2) is 9.97 Å². The van der Waals surface area contributed by atoms with Gasteiger partial charge in [0.15, 0.2) is 0 Å². The lowest BCUT2D eigenvalue weighted by molar-refractivity contribution is -0.123. The van der Waals surface area contributed by atoms with Crippen LogP contribution < -0.4 is 10.6 Å². The second-order valence-corrected chi connectivity index (χ2v) is 4.38. The van der Waals surface area contributed by atoms with Crippen molar-refractivity contribution in [3.05, 3.63) is 24.3 Å². The highest BCUT2D eigenvalue weighted by atomic mass is 16.2. The molecular formula is C12H20N4O. The third kappa shape index (κ3) is 4.91. The third-order valence-corrected chi connectivity index (χ3v) is 2.44. The number of carbonyl (C=O) groups is 1. The summed E-state index contributed by atoms with van der Waals surface area (Å²) in [6.07, 6.45) is 4.01. The van der Waals surface area contributed by atoms with Gasteiger partial charge in [0.05, 0.1) is 11.7 Å². The molecule has 1 aromatic heterocycles. The van der Waals surface area contributed by atoms with Crippen molar-refractivity contribution in [1.29, 1.82) is 0 Å². The Labute approximate surface area is 102 Å². The normalized spacial score (nSPS) is 12.5. The van der Waals surface area contributed by atoms with Crippen LogP contribution in [0.4, 0.5) is 0 Å². The Morgan fingerprint density at radius 3 is 2.76 bits per heavy atom. The quantitative estimate of drug-likeness (QED) is 0.764. The fourth-order valence-electron chi connectivity index (χ4n) is 1.58. The van der Waals surface area contributed by atoms with E-state index in [-0.39, 0.29) is 11.9 Å². The molecule has 0 saturated heterocycles. The van der Waals surface area contributed by atoms with E-state index in [0.717, 1.165) is 12.1 Å². The molecule has 1 atom stereocenters. The van der Waals surface area contributed by atoms with Crippen LogP contribution in [0.2, 0.25) is 0 Å². The number of aromatic nitrogens is 2. The molecule has 94 valence electrons. The topological polar surface area (TPSA) is 66.9 Å². The van der Waals surface area contributed by atoms with Crippen LogP contribution in [0, 0.1) is 5.92 Å². The van der Waals surface area contributed by atoms with E-state index in [2.05, 4.69) is 34.4 Å². The Morgan fingerprint density at radius 2 is 2.24 bits per heavy atom. The summed E-state index contributed by atoms with van der Waals surface area (Å²) in [7, 11) is 1.65. The molecule has 1 heterocycles. The Hall–Kier alpha value is -1.49. The summed E-state index contributed by atoms with van der Waals surface area (Å²) in [4.78, 5) is 19.6. The summed E-state index contributed by atoms with van der Waals surface area (Å²) in [5.74, 6) is 0.489. The van der Waals surface area contributed by atoms with Crippen molar-refractivity contribution >= 4 is 5.91 Å². The minimum Gasteiger partial charge on any atom is -0.358 e. The number of carbonyl (C=O) groups excluding carboxylic acids is 1. The van der Waals surface area contributed by atoms with E-state index in [1.807, 2.05) is 6.07 Å². The predicted molar refractivity (Wildman–Crippen MR) is 66.2 cm³/mol. The lowest BCUT2D eigenvalue weighted by Crippen LogP contribution is -2.43. The fourth-order valence-corrected chi connectivity index (χ4v) is 1.58. The average molecular weight is 236 g/mol. The van der Waals surface area contributed by atoms with Gasteiger partial charge in [-0.2, -0.15) is 0 Å². The summed E-state index contributed by atoms with van der Waals surface area (Å²) in [6.45, 7) is 4.78. The van der Waals surface area contributed by atoms with Crippen molar-refractivity contribution in [2.24, 2.45) is 5.92 Å². The van der Waals surface area contributed by atoms with Gasteiger partial charge in [0.1, 0.15) is 6.33 Å². The number of amides is 1. The highest BCUT2D eigenvalue weighted by molar-refractivity contribution is 5.81. The smallest absolute Gasteiger partial charge is 0.236 e. The van der Waals surface area contributed by atoms with Gasteiger partial charge in [-0.1, -0.05) is 13.8 Å². The Morgan fingerprint density at radius 1 is 1.47 bits per heavy atom. The lowest BCUT2D eigenvalue weighted by atomic mass is 10.0. The Kier molecular flexibility index (Phi) is 5.56. The zero-order valence-electron chi connectivity index (χ0n) is 10.6. The Balaban J connectivity index is 2.52. The van der Waals surface area contributed by atoms with Gasteiger partial charge in [0.2, 0.25) is 5.91 Å². The maximum absolute atomic E-state index is 11.7. The van der Waals surface area contributed by atoms with E-state index in [1.54, 1.807) is 13.2 Å². The molecule has 17 heavy (non-hydrogen) atoms. The van der Waals surface area contributed by atoms with Gasteiger partial charge in [0.25, 0.3) is 0 Å². The number of hydrogen-bond donors (Lipinski definition) is 2. The Bertz CT molecular complexity index is 340. The predicted octanol–water partition coefficient (Wildman–Crippen LogP) is 0.727. The van der Waals surface area contributed by atoms with E-state index >= 15 is 0 Å². The molecule has 0 aliphatic heterocycles. The van der Waals surface area contributed by atoms with Crippen LogP contribution in [0.15, 0.2) is 18.6 Å². The number of nitrogens with zero attached hydrogens (tertiary/aromatic N) is 2. The maximum atomic E-state index is 11.7. The van der Waals surface area contributed by atoms with Gasteiger partial charge < -0.3 is 10.6 Å². The molecule has 2 N–H and O–H groups in total. The second-order valence-electron chi connectivity index (χ2n) is 4.38. The van der Waals surface area contributed by atoms with Crippen molar-refractivity contribution in [2.45, 2.75) is 32.9 Å². The van der Waals surface area contributed by atoms with Crippen LogP contribution in [0.1, 0.15) is 26.0 Å². The second kappa shape index (κ2) is 6.96. The van der Waals surface area contributed by atoms with Crippen molar-refractivity contribution < 1.29 is 4.79 Å². The number of rotatable bonds is 6. The molecule has 0 radical (unpaired) electrons. The summed E-state index contributed by atoms with van der Waals surface area (Å²) in [6, 6.07) is 1.67. The molecule has 0 aromatic carbocycles. The van der Waals surface area contributed by atoms with E-state index in [1.165, 1.54) is 6.33 Å². The summed E-state index contributed by atoms with van der Waals surface area (Å²) in [5, 5.41) is 5.89. The molecular weight excluding hydrogens is 216 g/mol. The van der Waals surface area contributed by atoms with Gasteiger partial charge in [-0.05, 0) is 18.4 Å². The van der Waals surface area contributed by atoms with Crippen LogP contribution in [-0.4, -0.2) is 29.0 Å². The molecule has 0 saturated carbocycles. The summed E-state index contributed by atoms with van der Waals surface area (Å²) in [5.41, 5.74) is 0.887. The van der Waals surface area contributed by atoms with Crippen LogP contribution in [0.5, 0.6) is 0 Å². The molecule has 1 rings (SSSR count). The molecule has 1 aromatic rings. The minimum atomic E-state index is -0.171. The van der Waals surface area contributed by atoms with E-state index < -0.39 is 0 Å². The third-order valence-electron chi connectivity index (χ3n) is 2.44. The minimum absolute atomic E-state index is 0.0211. The van der Waals surface area contributed by atoms with E-state index in [9.17, 15) is 4.79 Å². The largest absolute Gasteiger partial charge is 0.358 e. The number of likely N-dealkylation sites (N-methyl/N-ethyl adjacent to an activating group) is 1.